The van der Waals surface area contributed by atoms with Crippen LogP contribution in [0.15, 0.2) is 0 Å². The quantitative estimate of drug-likeness (QED) is 0.202. The lowest BCUT2D eigenvalue weighted by Gasteiger charge is -2.58. The number of hydroxylamine groups is 6. The molecule has 0 spiro atoms. The molecule has 0 saturated carbocycles. The second-order valence-corrected chi connectivity index (χ2v) is 18.1. The minimum atomic E-state index is -1.52. The smallest absolute Gasteiger partial charge is 0.321 e. The molecule has 266 valence electrons. The number of nitrogens with zero attached hydrogens (tertiary/aromatic N) is 4. The molecular formula is C33H60N4O9. The molecule has 0 aliphatic carbocycles. The number of rotatable bonds is 9. The van der Waals surface area contributed by atoms with Crippen LogP contribution in [-0.2, 0) is 14.4 Å². The third-order valence-electron chi connectivity index (χ3n) is 11.1. The van der Waals surface area contributed by atoms with Crippen molar-refractivity contribution >= 4 is 17.9 Å². The Morgan fingerprint density at radius 2 is 0.609 bits per heavy atom. The van der Waals surface area contributed by atoms with Crippen molar-refractivity contribution in [3.8, 4) is 0 Å². The van der Waals surface area contributed by atoms with E-state index in [-0.39, 0.29) is 38.5 Å². The molecule has 3 atom stereocenters. The Labute approximate surface area is 274 Å². The molecule has 0 bridgehead atoms. The molecule has 0 aromatic carbocycles. The van der Waals surface area contributed by atoms with Crippen LogP contribution in [0.25, 0.3) is 0 Å². The fraction of sp³-hybridized carbons (Fsp3) is 0.909. The van der Waals surface area contributed by atoms with Crippen molar-refractivity contribution in [2.45, 2.75) is 173 Å². The highest BCUT2D eigenvalue weighted by molar-refractivity contribution is 5.82. The number of hydrogen-bond donors (Lipinski definition) is 6. The van der Waals surface area contributed by atoms with Gasteiger partial charge >= 0.3 is 17.9 Å². The van der Waals surface area contributed by atoms with Gasteiger partial charge in [-0.1, -0.05) is 0 Å². The monoisotopic (exact) mass is 656 g/mol. The summed E-state index contributed by atoms with van der Waals surface area (Å²) < 4.78 is 0. The average Bonchev–Trinajstić information content (AvgIpc) is 2.83. The van der Waals surface area contributed by atoms with E-state index >= 15 is 0 Å². The van der Waals surface area contributed by atoms with Gasteiger partial charge in [-0.25, -0.2) is 0 Å². The number of aliphatic carboxylic acids is 3. The standard InChI is InChI=1S/C33H60N4O9/c1-28(2)13-19(14-29(3,4)35(28)44)22(25(38)39)34(23(26(40)41)20-15-30(5,6)36(45)31(7,8)16-20)24(27(42)43)21-17-32(9,10)37(46)33(11,12)18-21/h19-24,44-46H,13-18H2,1-12H3,(H,38,39)(H,40,41)(H,42,43). The van der Waals surface area contributed by atoms with Crippen molar-refractivity contribution in [2.75, 3.05) is 0 Å². The topological polar surface area (TPSA) is 186 Å². The number of hydrogen-bond acceptors (Lipinski definition) is 10. The summed E-state index contributed by atoms with van der Waals surface area (Å²) in [6, 6.07) is -4.57. The zero-order valence-electron chi connectivity index (χ0n) is 29.9. The highest BCUT2D eigenvalue weighted by Crippen LogP contribution is 2.49. The van der Waals surface area contributed by atoms with Crippen LogP contribution in [0.5, 0.6) is 0 Å². The zero-order valence-corrected chi connectivity index (χ0v) is 29.9. The molecule has 3 aliphatic heterocycles. The first-order valence-electron chi connectivity index (χ1n) is 16.4. The van der Waals surface area contributed by atoms with Gasteiger partial charge in [-0.3, -0.25) is 19.3 Å². The lowest BCUT2D eigenvalue weighted by Crippen LogP contribution is -2.70. The van der Waals surface area contributed by atoms with Gasteiger partial charge in [0.25, 0.3) is 0 Å². The number of carboxylic acid groups (broad SMARTS) is 3. The van der Waals surface area contributed by atoms with E-state index in [1.165, 1.54) is 20.1 Å². The third-order valence-corrected chi connectivity index (χ3v) is 11.1. The van der Waals surface area contributed by atoms with Gasteiger partial charge in [-0.15, -0.1) is 0 Å². The summed E-state index contributed by atoms with van der Waals surface area (Å²) in [6.07, 6.45) is 1.07. The molecule has 0 radical (unpaired) electrons. The Morgan fingerprint density at radius 3 is 0.739 bits per heavy atom. The van der Waals surface area contributed by atoms with E-state index in [0.717, 1.165) is 0 Å². The summed E-state index contributed by atoms with van der Waals surface area (Å²) in [5, 5.41) is 70.0. The first-order valence-corrected chi connectivity index (χ1v) is 16.4. The maximum Gasteiger partial charge on any atom is 0.321 e. The van der Waals surface area contributed by atoms with E-state index in [1.54, 1.807) is 83.1 Å². The maximum absolute atomic E-state index is 13.6. The summed E-state index contributed by atoms with van der Waals surface area (Å²) in [5.41, 5.74) is -5.32. The van der Waals surface area contributed by atoms with Crippen LogP contribution in [0.3, 0.4) is 0 Å². The SMILES string of the molecule is CC1(C)CC(C(C(=O)O)N(C(C(=O)O)C2CC(C)(C)N(O)C(C)(C)C2)C(C(=O)O)C2CC(C)(C)N(O)C(C)(C)C2)CC(C)(C)N1O. The molecule has 0 aromatic heterocycles. The fourth-order valence-corrected chi connectivity index (χ4v) is 9.95. The van der Waals surface area contributed by atoms with E-state index in [0.29, 0.717) is 0 Å². The largest absolute Gasteiger partial charge is 0.480 e. The molecule has 3 unspecified atom stereocenters. The van der Waals surface area contributed by atoms with Gasteiger partial charge < -0.3 is 30.9 Å². The Kier molecular flexibility index (Phi) is 10.3. The fourth-order valence-electron chi connectivity index (χ4n) is 9.95. The summed E-state index contributed by atoms with van der Waals surface area (Å²) >= 11 is 0. The Balaban J connectivity index is 2.33. The Hall–Kier alpha value is -1.87. The van der Waals surface area contributed by atoms with Crippen LogP contribution < -0.4 is 0 Å². The van der Waals surface area contributed by atoms with E-state index in [4.69, 9.17) is 0 Å². The third kappa shape index (κ3) is 7.11. The molecule has 3 fully saturated rings. The molecule has 0 amide bonds. The van der Waals surface area contributed by atoms with Gasteiger partial charge in [-0.05, 0) is 139 Å². The van der Waals surface area contributed by atoms with Crippen LogP contribution in [-0.4, -0.2) is 120 Å². The van der Waals surface area contributed by atoms with Crippen LogP contribution in [0, 0.1) is 17.8 Å². The molecule has 3 aliphatic rings. The van der Waals surface area contributed by atoms with Gasteiger partial charge in [0, 0.05) is 33.2 Å². The number of carboxylic acids is 3. The molecule has 6 N–H and O–H groups in total. The van der Waals surface area contributed by atoms with Crippen LogP contribution in [0.4, 0.5) is 0 Å². The first kappa shape index (κ1) is 38.6. The van der Waals surface area contributed by atoms with Crippen molar-refractivity contribution in [1.29, 1.82) is 0 Å². The molecule has 13 nitrogen and oxygen atoms in total. The molecule has 13 heteroatoms. The van der Waals surface area contributed by atoms with Crippen LogP contribution >= 0.6 is 0 Å². The molecular weight excluding hydrogens is 596 g/mol. The second kappa shape index (κ2) is 12.2. The summed E-state index contributed by atoms with van der Waals surface area (Å²) in [5.74, 6) is -6.11. The molecule has 3 rings (SSSR count). The highest BCUT2D eigenvalue weighted by Gasteiger charge is 2.59. The van der Waals surface area contributed by atoms with Crippen molar-refractivity contribution in [1.82, 2.24) is 20.1 Å². The van der Waals surface area contributed by atoms with Crippen molar-refractivity contribution < 1.29 is 45.3 Å². The molecule has 46 heavy (non-hydrogen) atoms. The minimum absolute atomic E-state index is 0.178. The van der Waals surface area contributed by atoms with Crippen molar-refractivity contribution in [3.05, 3.63) is 0 Å². The maximum atomic E-state index is 13.6. The van der Waals surface area contributed by atoms with Crippen LogP contribution in [0.1, 0.15) is 122 Å². The average molecular weight is 657 g/mol. The van der Waals surface area contributed by atoms with Gasteiger partial charge in [0.15, 0.2) is 0 Å². The normalized spacial score (nSPS) is 29.2. The molecule has 3 heterocycles. The van der Waals surface area contributed by atoms with Gasteiger partial charge in [0.1, 0.15) is 18.1 Å². The zero-order chi connectivity index (χ0) is 35.7. The Morgan fingerprint density at radius 1 is 0.457 bits per heavy atom. The summed E-state index contributed by atoms with van der Waals surface area (Å²) in [6.45, 7) is 21.5. The summed E-state index contributed by atoms with van der Waals surface area (Å²) in [7, 11) is 0. The second-order valence-electron chi connectivity index (χ2n) is 18.1. The van der Waals surface area contributed by atoms with Crippen molar-refractivity contribution in [3.63, 3.8) is 0 Å². The predicted molar refractivity (Wildman–Crippen MR) is 170 cm³/mol. The van der Waals surface area contributed by atoms with Gasteiger partial charge in [0.05, 0.1) is 0 Å². The lowest BCUT2D eigenvalue weighted by atomic mass is 9.67. The first-order chi connectivity index (χ1) is 20.5. The molecule has 3 saturated heterocycles. The minimum Gasteiger partial charge on any atom is -0.480 e. The lowest BCUT2D eigenvalue weighted by molar-refractivity contribution is -0.265. The number of carbonyl (C=O) groups is 3. The van der Waals surface area contributed by atoms with Crippen LogP contribution in [0.2, 0.25) is 0 Å². The summed E-state index contributed by atoms with van der Waals surface area (Å²) in [4.78, 5) is 42.0. The van der Waals surface area contributed by atoms with Crippen molar-refractivity contribution in [2.24, 2.45) is 17.8 Å². The van der Waals surface area contributed by atoms with E-state index in [2.05, 4.69) is 0 Å². The van der Waals surface area contributed by atoms with E-state index in [9.17, 15) is 45.3 Å². The predicted octanol–water partition coefficient (Wildman–Crippen LogP) is 4.62. The number of piperidine rings is 3. The molecule has 0 aromatic rings. The van der Waals surface area contributed by atoms with E-state index in [1.807, 2.05) is 0 Å². The van der Waals surface area contributed by atoms with Gasteiger partial charge in [-0.2, -0.15) is 15.2 Å². The van der Waals surface area contributed by atoms with E-state index < -0.39 is 87.0 Å². The highest BCUT2D eigenvalue weighted by atomic mass is 16.5. The van der Waals surface area contributed by atoms with Gasteiger partial charge in [0.2, 0.25) is 0 Å². The Bertz CT molecular complexity index is 987.